The van der Waals surface area contributed by atoms with Crippen LogP contribution in [0.2, 0.25) is 0 Å². The summed E-state index contributed by atoms with van der Waals surface area (Å²) in [4.78, 5) is 0. The van der Waals surface area contributed by atoms with Crippen molar-refractivity contribution in [3.05, 3.63) is 70.2 Å². The predicted octanol–water partition coefficient (Wildman–Crippen LogP) is 5.08. The number of benzene rings is 2. The van der Waals surface area contributed by atoms with E-state index in [1.165, 1.54) is 17.5 Å². The van der Waals surface area contributed by atoms with Gasteiger partial charge in [0.25, 0.3) is 0 Å². The van der Waals surface area contributed by atoms with Crippen LogP contribution in [0.4, 0.5) is 0 Å². The van der Waals surface area contributed by atoms with Gasteiger partial charge >= 0.3 is 0 Å². The van der Waals surface area contributed by atoms with Crippen LogP contribution in [0.1, 0.15) is 36.9 Å². The van der Waals surface area contributed by atoms with E-state index in [-0.39, 0.29) is 0 Å². The lowest BCUT2D eigenvalue weighted by Crippen LogP contribution is -2.20. The van der Waals surface area contributed by atoms with Gasteiger partial charge in [0.05, 0.1) is 0 Å². The molecule has 1 nitrogen and oxygen atoms in total. The third-order valence-electron chi connectivity index (χ3n) is 3.22. The zero-order valence-corrected chi connectivity index (χ0v) is 12.9. The third kappa shape index (κ3) is 4.48. The molecule has 0 bridgehead atoms. The molecule has 0 radical (unpaired) electrons. The van der Waals surface area contributed by atoms with E-state index in [1.54, 1.807) is 0 Å². The summed E-state index contributed by atoms with van der Waals surface area (Å²) in [6.07, 6.45) is 2.35. The van der Waals surface area contributed by atoms with Gasteiger partial charge in [0.2, 0.25) is 0 Å². The minimum Gasteiger partial charge on any atom is -0.306 e. The van der Waals surface area contributed by atoms with Crippen LogP contribution >= 0.6 is 15.9 Å². The summed E-state index contributed by atoms with van der Waals surface area (Å²) < 4.78 is 1.14. The Bertz CT molecular complexity index is 496. The highest BCUT2D eigenvalue weighted by Gasteiger charge is 2.09. The van der Waals surface area contributed by atoms with Crippen molar-refractivity contribution in [2.75, 3.05) is 0 Å². The number of hydrogen-bond acceptors (Lipinski definition) is 1. The molecule has 0 spiro atoms. The summed E-state index contributed by atoms with van der Waals surface area (Å²) in [7, 11) is 0. The highest BCUT2D eigenvalue weighted by Crippen LogP contribution is 2.19. The first kappa shape index (κ1) is 14.3. The van der Waals surface area contributed by atoms with Crippen LogP contribution < -0.4 is 5.32 Å². The highest BCUT2D eigenvalue weighted by atomic mass is 79.9. The Morgan fingerprint density at radius 1 is 1.05 bits per heavy atom. The van der Waals surface area contributed by atoms with Crippen molar-refractivity contribution in [1.29, 1.82) is 0 Å². The molecular formula is C17H20BrN. The molecule has 100 valence electrons. The fourth-order valence-electron chi connectivity index (χ4n) is 2.25. The van der Waals surface area contributed by atoms with Crippen molar-refractivity contribution in [3.63, 3.8) is 0 Å². The SMILES string of the molecule is CCCC(NCc1cccc(Br)c1)c1ccccc1. The molecule has 0 fully saturated rings. The molecular weight excluding hydrogens is 298 g/mol. The molecule has 0 saturated carbocycles. The van der Waals surface area contributed by atoms with E-state index >= 15 is 0 Å². The molecule has 0 aliphatic rings. The van der Waals surface area contributed by atoms with Crippen LogP contribution in [0.15, 0.2) is 59.1 Å². The van der Waals surface area contributed by atoms with E-state index < -0.39 is 0 Å². The largest absolute Gasteiger partial charge is 0.306 e. The van der Waals surface area contributed by atoms with Crippen molar-refractivity contribution < 1.29 is 0 Å². The average molecular weight is 318 g/mol. The second-order valence-electron chi connectivity index (χ2n) is 4.76. The number of nitrogens with one attached hydrogen (secondary N) is 1. The van der Waals surface area contributed by atoms with Crippen molar-refractivity contribution in [2.24, 2.45) is 0 Å². The maximum Gasteiger partial charge on any atom is 0.0323 e. The topological polar surface area (TPSA) is 12.0 Å². The van der Waals surface area contributed by atoms with Gasteiger partial charge < -0.3 is 5.32 Å². The van der Waals surface area contributed by atoms with Gasteiger partial charge in [-0.25, -0.2) is 0 Å². The molecule has 19 heavy (non-hydrogen) atoms. The zero-order valence-electron chi connectivity index (χ0n) is 11.3. The average Bonchev–Trinajstić information content (AvgIpc) is 2.44. The van der Waals surface area contributed by atoms with Gasteiger partial charge in [-0.05, 0) is 29.7 Å². The Balaban J connectivity index is 2.01. The van der Waals surface area contributed by atoms with E-state index in [2.05, 4.69) is 82.8 Å². The van der Waals surface area contributed by atoms with Crippen LogP contribution in [0.25, 0.3) is 0 Å². The van der Waals surface area contributed by atoms with E-state index in [1.807, 2.05) is 0 Å². The van der Waals surface area contributed by atoms with Crippen molar-refractivity contribution in [2.45, 2.75) is 32.4 Å². The molecule has 2 aromatic rings. The van der Waals surface area contributed by atoms with E-state index in [0.29, 0.717) is 6.04 Å². The summed E-state index contributed by atoms with van der Waals surface area (Å²) >= 11 is 3.52. The fraction of sp³-hybridized carbons (Fsp3) is 0.294. The van der Waals surface area contributed by atoms with Crippen molar-refractivity contribution in [3.8, 4) is 0 Å². The van der Waals surface area contributed by atoms with Crippen LogP contribution in [-0.2, 0) is 6.54 Å². The molecule has 0 heterocycles. The monoisotopic (exact) mass is 317 g/mol. The maximum absolute atomic E-state index is 3.66. The Morgan fingerprint density at radius 3 is 2.53 bits per heavy atom. The zero-order chi connectivity index (χ0) is 13.5. The first-order valence-electron chi connectivity index (χ1n) is 6.82. The molecule has 2 aromatic carbocycles. The summed E-state index contributed by atoms with van der Waals surface area (Å²) in [5, 5.41) is 3.66. The second-order valence-corrected chi connectivity index (χ2v) is 5.68. The minimum atomic E-state index is 0.435. The molecule has 0 aliphatic heterocycles. The van der Waals surface area contributed by atoms with Gasteiger partial charge in [-0.15, -0.1) is 0 Å². The molecule has 0 aromatic heterocycles. The summed E-state index contributed by atoms with van der Waals surface area (Å²) in [5.74, 6) is 0. The first-order chi connectivity index (χ1) is 9.29. The number of rotatable bonds is 6. The smallest absolute Gasteiger partial charge is 0.0323 e. The van der Waals surface area contributed by atoms with Gasteiger partial charge in [-0.2, -0.15) is 0 Å². The highest BCUT2D eigenvalue weighted by molar-refractivity contribution is 9.10. The first-order valence-corrected chi connectivity index (χ1v) is 7.61. The van der Waals surface area contributed by atoms with Gasteiger partial charge in [0.1, 0.15) is 0 Å². The Hall–Kier alpha value is -1.12. The lowest BCUT2D eigenvalue weighted by Gasteiger charge is -2.18. The van der Waals surface area contributed by atoms with E-state index in [4.69, 9.17) is 0 Å². The number of halogens is 1. The van der Waals surface area contributed by atoms with E-state index in [9.17, 15) is 0 Å². The molecule has 1 atom stereocenters. The molecule has 1 N–H and O–H groups in total. The van der Waals surface area contributed by atoms with Crippen LogP contribution in [0.3, 0.4) is 0 Å². The maximum atomic E-state index is 3.66. The Labute approximate surface area is 124 Å². The quantitative estimate of drug-likeness (QED) is 0.783. The fourth-order valence-corrected chi connectivity index (χ4v) is 2.70. The summed E-state index contributed by atoms with van der Waals surface area (Å²) in [6, 6.07) is 19.6. The molecule has 1 unspecified atom stereocenters. The molecule has 0 amide bonds. The lowest BCUT2D eigenvalue weighted by molar-refractivity contribution is 0.493. The van der Waals surface area contributed by atoms with Gasteiger partial charge in [-0.3, -0.25) is 0 Å². The molecule has 2 rings (SSSR count). The molecule has 2 heteroatoms. The predicted molar refractivity (Wildman–Crippen MR) is 85.1 cm³/mol. The van der Waals surface area contributed by atoms with Crippen LogP contribution in [-0.4, -0.2) is 0 Å². The standard InChI is InChI=1S/C17H20BrN/c1-2-7-17(15-9-4-3-5-10-15)19-13-14-8-6-11-16(18)12-14/h3-6,8-12,17,19H,2,7,13H2,1H3. The molecule has 0 saturated heterocycles. The van der Waals surface area contributed by atoms with Crippen LogP contribution in [0, 0.1) is 0 Å². The van der Waals surface area contributed by atoms with Gasteiger partial charge in [-0.1, -0.05) is 71.7 Å². The second kappa shape index (κ2) is 7.46. The van der Waals surface area contributed by atoms with Gasteiger partial charge in [0.15, 0.2) is 0 Å². The Kier molecular flexibility index (Phi) is 5.62. The lowest BCUT2D eigenvalue weighted by atomic mass is 10.0. The summed E-state index contributed by atoms with van der Waals surface area (Å²) in [6.45, 7) is 3.13. The normalized spacial score (nSPS) is 12.3. The van der Waals surface area contributed by atoms with E-state index in [0.717, 1.165) is 17.4 Å². The van der Waals surface area contributed by atoms with Crippen LogP contribution in [0.5, 0.6) is 0 Å². The van der Waals surface area contributed by atoms with Gasteiger partial charge in [0, 0.05) is 17.1 Å². The minimum absolute atomic E-state index is 0.435. The van der Waals surface area contributed by atoms with Crippen molar-refractivity contribution in [1.82, 2.24) is 5.32 Å². The van der Waals surface area contributed by atoms with Crippen molar-refractivity contribution >= 4 is 15.9 Å². The third-order valence-corrected chi connectivity index (χ3v) is 3.71. The number of hydrogen-bond donors (Lipinski definition) is 1. The summed E-state index contributed by atoms with van der Waals surface area (Å²) in [5.41, 5.74) is 2.69. The Morgan fingerprint density at radius 2 is 1.84 bits per heavy atom. The molecule has 0 aliphatic carbocycles.